The number of carbonyl (C=O) groups is 3. The Morgan fingerprint density at radius 3 is 2.35 bits per heavy atom. The maximum absolute atomic E-state index is 12.2. The Morgan fingerprint density at radius 1 is 1.08 bits per heavy atom. The van der Waals surface area contributed by atoms with E-state index in [1.165, 1.54) is 26.3 Å². The molecular weight excluding hydrogens is 360 g/mol. The molecule has 0 aliphatic rings. The highest BCUT2D eigenvalue weighted by Crippen LogP contribution is 2.19. The first-order valence-corrected chi connectivity index (χ1v) is 7.94. The summed E-state index contributed by atoms with van der Waals surface area (Å²) >= 11 is 5.99. The minimum atomic E-state index is -0.639. The van der Waals surface area contributed by atoms with Crippen LogP contribution in [-0.4, -0.2) is 43.6 Å². The predicted molar refractivity (Wildman–Crippen MR) is 96.5 cm³/mol. The zero-order valence-electron chi connectivity index (χ0n) is 14.2. The summed E-state index contributed by atoms with van der Waals surface area (Å²) in [6.45, 7) is -0.252. The van der Waals surface area contributed by atoms with Gasteiger partial charge in [0, 0.05) is 12.7 Å². The van der Waals surface area contributed by atoms with Crippen LogP contribution in [0.25, 0.3) is 0 Å². The minimum Gasteiger partial charge on any atom is -0.453 e. The number of nitrogens with zero attached hydrogens (tertiary/aromatic N) is 1. The van der Waals surface area contributed by atoms with Crippen molar-refractivity contribution in [1.29, 1.82) is 0 Å². The molecular formula is C18H17ClN2O5. The fourth-order valence-corrected chi connectivity index (χ4v) is 2.25. The number of amides is 2. The summed E-state index contributed by atoms with van der Waals surface area (Å²) in [5.41, 5.74) is 0.872. The predicted octanol–water partition coefficient (Wildman–Crippen LogP) is 3.20. The molecule has 136 valence electrons. The first-order chi connectivity index (χ1) is 12.4. The summed E-state index contributed by atoms with van der Waals surface area (Å²) in [4.78, 5) is 36.3. The molecule has 2 rings (SSSR count). The molecule has 0 aliphatic heterocycles. The smallest absolute Gasteiger partial charge is 0.409 e. The lowest BCUT2D eigenvalue weighted by Gasteiger charge is -2.14. The van der Waals surface area contributed by atoms with Gasteiger partial charge in [-0.1, -0.05) is 23.7 Å². The molecule has 2 aromatic rings. The second-order valence-electron chi connectivity index (χ2n) is 5.26. The zero-order chi connectivity index (χ0) is 19.1. The zero-order valence-corrected chi connectivity index (χ0v) is 14.9. The number of carbonyl (C=O) groups excluding carboxylic acids is 3. The van der Waals surface area contributed by atoms with Crippen LogP contribution in [0.1, 0.15) is 10.4 Å². The van der Waals surface area contributed by atoms with E-state index in [0.29, 0.717) is 16.3 Å². The average molecular weight is 377 g/mol. The third-order valence-corrected chi connectivity index (χ3v) is 3.64. The van der Waals surface area contributed by atoms with Crippen LogP contribution in [0.3, 0.4) is 0 Å². The van der Waals surface area contributed by atoms with Gasteiger partial charge in [-0.3, -0.25) is 4.79 Å². The number of nitrogens with one attached hydrogen (secondary N) is 1. The van der Waals surface area contributed by atoms with E-state index in [4.69, 9.17) is 16.3 Å². The van der Waals surface area contributed by atoms with Gasteiger partial charge in [-0.15, -0.1) is 0 Å². The SMILES string of the molecule is COC(=O)N(C)CC(=O)Oc1ccc(NC(=O)c2ccccc2Cl)cc1. The van der Waals surface area contributed by atoms with Gasteiger partial charge >= 0.3 is 12.1 Å². The topological polar surface area (TPSA) is 84.9 Å². The Kier molecular flexibility index (Phi) is 6.57. The highest BCUT2D eigenvalue weighted by Gasteiger charge is 2.15. The van der Waals surface area contributed by atoms with Crippen LogP contribution < -0.4 is 10.1 Å². The quantitative estimate of drug-likeness (QED) is 0.639. The van der Waals surface area contributed by atoms with Crippen LogP contribution >= 0.6 is 11.6 Å². The third-order valence-electron chi connectivity index (χ3n) is 3.31. The van der Waals surface area contributed by atoms with Gasteiger partial charge in [-0.05, 0) is 36.4 Å². The van der Waals surface area contributed by atoms with Crippen LogP contribution in [0.15, 0.2) is 48.5 Å². The van der Waals surface area contributed by atoms with E-state index in [2.05, 4.69) is 10.1 Å². The molecule has 2 aromatic carbocycles. The van der Waals surface area contributed by atoms with Gasteiger partial charge in [-0.2, -0.15) is 0 Å². The summed E-state index contributed by atoms with van der Waals surface area (Å²) in [5.74, 6) is -0.685. The second-order valence-corrected chi connectivity index (χ2v) is 5.67. The van der Waals surface area contributed by atoms with Crippen molar-refractivity contribution in [1.82, 2.24) is 4.90 Å². The van der Waals surface area contributed by atoms with Gasteiger partial charge in [-0.25, -0.2) is 9.59 Å². The Balaban J connectivity index is 1.94. The van der Waals surface area contributed by atoms with Gasteiger partial charge in [0.2, 0.25) is 0 Å². The molecule has 2 amide bonds. The Labute approximate surface area is 155 Å². The van der Waals surface area contributed by atoms with Crippen molar-refractivity contribution in [2.24, 2.45) is 0 Å². The molecule has 0 fully saturated rings. The lowest BCUT2D eigenvalue weighted by atomic mass is 10.2. The summed E-state index contributed by atoms with van der Waals surface area (Å²) in [7, 11) is 2.64. The number of likely N-dealkylation sites (N-methyl/N-ethyl adjacent to an activating group) is 1. The Morgan fingerprint density at radius 2 is 1.73 bits per heavy atom. The fraction of sp³-hybridized carbons (Fsp3) is 0.167. The number of ether oxygens (including phenoxy) is 2. The summed E-state index contributed by atoms with van der Waals surface area (Å²) < 4.78 is 9.61. The molecule has 0 spiro atoms. The van der Waals surface area contributed by atoms with Gasteiger partial charge < -0.3 is 19.7 Å². The Bertz CT molecular complexity index is 807. The largest absolute Gasteiger partial charge is 0.453 e. The van der Waals surface area contributed by atoms with Crippen molar-refractivity contribution in [3.05, 3.63) is 59.1 Å². The van der Waals surface area contributed by atoms with E-state index in [9.17, 15) is 14.4 Å². The highest BCUT2D eigenvalue weighted by molar-refractivity contribution is 6.34. The van der Waals surface area contributed by atoms with E-state index in [1.54, 1.807) is 36.4 Å². The lowest BCUT2D eigenvalue weighted by molar-refractivity contribution is -0.135. The number of benzene rings is 2. The Hall–Kier alpha value is -3.06. The number of esters is 1. The molecule has 0 aliphatic carbocycles. The standard InChI is InChI=1S/C18H17ClN2O5/c1-21(18(24)25-2)11-16(22)26-13-9-7-12(8-10-13)20-17(23)14-5-3-4-6-15(14)19/h3-10H,11H2,1-2H3,(H,20,23). The van der Waals surface area contributed by atoms with E-state index in [1.807, 2.05) is 0 Å². The van der Waals surface area contributed by atoms with Crippen molar-refractivity contribution in [2.75, 3.05) is 26.0 Å². The molecule has 0 atom stereocenters. The maximum Gasteiger partial charge on any atom is 0.409 e. The van der Waals surface area contributed by atoms with Crippen LogP contribution in [0.4, 0.5) is 10.5 Å². The number of halogens is 1. The van der Waals surface area contributed by atoms with Gasteiger partial charge in [0.05, 0.1) is 17.7 Å². The molecule has 0 bridgehead atoms. The molecule has 7 nitrogen and oxygen atoms in total. The molecule has 8 heteroatoms. The summed E-state index contributed by atoms with van der Waals surface area (Å²) in [6.07, 6.45) is -0.639. The van der Waals surface area contributed by atoms with E-state index in [0.717, 1.165) is 4.90 Å². The molecule has 0 heterocycles. The number of hydrogen-bond acceptors (Lipinski definition) is 5. The van der Waals surface area contributed by atoms with Crippen molar-refractivity contribution in [3.8, 4) is 5.75 Å². The second kappa shape index (κ2) is 8.87. The molecule has 26 heavy (non-hydrogen) atoms. The van der Waals surface area contributed by atoms with Gasteiger partial charge in [0.25, 0.3) is 5.91 Å². The van der Waals surface area contributed by atoms with Crippen molar-refractivity contribution < 1.29 is 23.9 Å². The summed E-state index contributed by atoms with van der Waals surface area (Å²) in [6, 6.07) is 12.9. The van der Waals surface area contributed by atoms with E-state index in [-0.39, 0.29) is 18.2 Å². The highest BCUT2D eigenvalue weighted by atomic mass is 35.5. The third kappa shape index (κ3) is 5.22. The number of methoxy groups -OCH3 is 1. The van der Waals surface area contributed by atoms with Gasteiger partial charge in [0.15, 0.2) is 0 Å². The van der Waals surface area contributed by atoms with E-state index >= 15 is 0 Å². The molecule has 0 radical (unpaired) electrons. The minimum absolute atomic E-state index is 0.252. The number of rotatable bonds is 5. The molecule has 0 saturated carbocycles. The van der Waals surface area contributed by atoms with Crippen LogP contribution in [0, 0.1) is 0 Å². The molecule has 0 unspecified atom stereocenters. The average Bonchev–Trinajstić information content (AvgIpc) is 2.62. The normalized spacial score (nSPS) is 9.96. The number of anilines is 1. The van der Waals surface area contributed by atoms with Crippen LogP contribution in [-0.2, 0) is 9.53 Å². The van der Waals surface area contributed by atoms with Crippen molar-refractivity contribution >= 4 is 35.3 Å². The first-order valence-electron chi connectivity index (χ1n) is 7.56. The number of hydrogen-bond donors (Lipinski definition) is 1. The van der Waals surface area contributed by atoms with E-state index < -0.39 is 12.1 Å². The lowest BCUT2D eigenvalue weighted by Crippen LogP contribution is -2.33. The van der Waals surface area contributed by atoms with Crippen LogP contribution in [0.5, 0.6) is 5.75 Å². The molecule has 0 saturated heterocycles. The molecule has 0 aromatic heterocycles. The maximum atomic E-state index is 12.2. The monoisotopic (exact) mass is 376 g/mol. The summed E-state index contributed by atoms with van der Waals surface area (Å²) in [5, 5.41) is 3.05. The first kappa shape index (κ1) is 19.3. The van der Waals surface area contributed by atoms with Crippen molar-refractivity contribution in [2.45, 2.75) is 0 Å². The van der Waals surface area contributed by atoms with Crippen LogP contribution in [0.2, 0.25) is 5.02 Å². The van der Waals surface area contributed by atoms with Crippen molar-refractivity contribution in [3.63, 3.8) is 0 Å². The fourth-order valence-electron chi connectivity index (χ4n) is 2.03. The molecule has 1 N–H and O–H groups in total. The van der Waals surface area contributed by atoms with Gasteiger partial charge in [0.1, 0.15) is 12.3 Å².